The molecule has 0 rings (SSSR count). The van der Waals surface area contributed by atoms with E-state index in [1.807, 2.05) is 68.9 Å². The third-order valence-corrected chi connectivity index (χ3v) is 26.7. The fraction of sp³-hybridized carbons (Fsp3) is 0.951. The third kappa shape index (κ3) is 66.6. The van der Waals surface area contributed by atoms with Crippen LogP contribution < -0.4 is 0 Å². The number of nitrogens with zero attached hydrogens (tertiary/aromatic N) is 2. The van der Waals surface area contributed by atoms with Crippen LogP contribution in [0.5, 0.6) is 0 Å². The monoisotopic (exact) mass is 1260 g/mol. The smallest absolute Gasteiger partial charge is 0.307 e. The Morgan fingerprint density at radius 2 is 0.526 bits per heavy atom. The van der Waals surface area contributed by atoms with Crippen molar-refractivity contribution in [3.63, 3.8) is 0 Å². The summed E-state index contributed by atoms with van der Waals surface area (Å²) in [6, 6.07) is 0. The van der Waals surface area contributed by atoms with Crippen molar-refractivity contribution in [3.05, 3.63) is 0 Å². The Morgan fingerprint density at radius 3 is 0.808 bits per heavy atom. The average molecular weight is 1270 g/mol. The molecule has 0 aliphatic heterocycles. The lowest BCUT2D eigenvalue weighted by Gasteiger charge is -2.23. The van der Waals surface area contributed by atoms with Crippen molar-refractivity contribution in [2.75, 3.05) is 94.1 Å². The Hall–Kier alpha value is 1.48. The highest BCUT2D eigenvalue weighted by molar-refractivity contribution is 9.10. The van der Waals surface area contributed by atoms with Gasteiger partial charge in [0, 0.05) is 54.2 Å². The lowest BCUT2D eigenvalue weighted by atomic mass is 10.1. The van der Waals surface area contributed by atoms with Gasteiger partial charge in [-0.25, -0.2) is 0 Å². The molecule has 0 aliphatic rings. The maximum Gasteiger partial charge on any atom is 0.307 e. The molecule has 0 spiro atoms. The van der Waals surface area contributed by atoms with Crippen LogP contribution in [0.25, 0.3) is 0 Å². The van der Waals surface area contributed by atoms with E-state index in [0.717, 1.165) is 36.8 Å². The normalized spacial score (nSPS) is 11.6. The fourth-order valence-electron chi connectivity index (χ4n) is 8.89. The SMILES string of the molecule is CCCCCCCCCCCCCCSSSCCOC(=O)CCN(C)CCCN(CCC(=O)OCCSSSCCCCCCCCCCCCCC)CCC(=O)OCCSSSCCCCCCCCCCCCCC. The summed E-state index contributed by atoms with van der Waals surface area (Å²) < 4.78 is 16.8. The number of carbonyl (C=O) groups excluding carboxylic acids is 3. The molecule has 0 amide bonds. The molecule has 0 aromatic heterocycles. The van der Waals surface area contributed by atoms with Gasteiger partial charge in [0.1, 0.15) is 19.8 Å². The summed E-state index contributed by atoms with van der Waals surface area (Å²) in [6.07, 6.45) is 51.5. The Labute approximate surface area is 517 Å². The number of unbranched alkanes of at least 4 members (excludes halogenated alkanes) is 33. The molecule has 0 fully saturated rings. The zero-order valence-electron chi connectivity index (χ0n) is 50.7. The van der Waals surface area contributed by atoms with Crippen LogP contribution in [-0.2, 0) is 28.6 Å². The van der Waals surface area contributed by atoms with E-state index in [9.17, 15) is 14.4 Å². The van der Waals surface area contributed by atoms with E-state index in [4.69, 9.17) is 14.2 Å². The Bertz CT molecular complexity index is 1180. The van der Waals surface area contributed by atoms with Crippen molar-refractivity contribution in [1.29, 1.82) is 0 Å². The molecule has 464 valence electrons. The second-order valence-electron chi connectivity index (χ2n) is 21.2. The van der Waals surface area contributed by atoms with Gasteiger partial charge >= 0.3 is 17.9 Å². The molecule has 0 saturated heterocycles. The van der Waals surface area contributed by atoms with Crippen LogP contribution in [0.3, 0.4) is 0 Å². The molecule has 0 unspecified atom stereocenters. The quantitative estimate of drug-likeness (QED) is 0.0250. The average Bonchev–Trinajstić information content (AvgIpc) is 3.44. The minimum atomic E-state index is -0.190. The first-order valence-electron chi connectivity index (χ1n) is 32.0. The number of ether oxygens (including phenoxy) is 3. The summed E-state index contributed by atoms with van der Waals surface area (Å²) in [5, 5.41) is 0. The summed E-state index contributed by atoms with van der Waals surface area (Å²) in [6.45, 7) is 11.4. The van der Waals surface area contributed by atoms with Crippen molar-refractivity contribution >= 4 is 112 Å². The molecule has 0 aromatic carbocycles. The van der Waals surface area contributed by atoms with Crippen molar-refractivity contribution < 1.29 is 28.6 Å². The number of esters is 3. The van der Waals surface area contributed by atoms with E-state index >= 15 is 0 Å². The molecule has 0 atom stereocenters. The second kappa shape index (κ2) is 69.3. The van der Waals surface area contributed by atoms with Gasteiger partial charge in [-0.2, -0.15) is 0 Å². The molecule has 17 heteroatoms. The maximum atomic E-state index is 12.8. The minimum absolute atomic E-state index is 0.147. The third-order valence-electron chi connectivity index (χ3n) is 13.8. The second-order valence-corrected chi connectivity index (χ2v) is 34.6. The van der Waals surface area contributed by atoms with E-state index in [2.05, 4.69) is 30.6 Å². The predicted octanol–water partition coefficient (Wildman–Crippen LogP) is 21.6. The van der Waals surface area contributed by atoms with Crippen LogP contribution >= 0.6 is 94.2 Å². The largest absolute Gasteiger partial charge is 0.465 e. The number of rotatable bonds is 67. The molecule has 0 radical (unpaired) electrons. The van der Waals surface area contributed by atoms with Gasteiger partial charge in [0.05, 0.1) is 19.3 Å². The van der Waals surface area contributed by atoms with E-state index in [1.165, 1.54) is 248 Å². The molecule has 0 N–H and O–H groups in total. The van der Waals surface area contributed by atoms with Crippen LogP contribution in [0.1, 0.15) is 278 Å². The zero-order valence-corrected chi connectivity index (χ0v) is 58.1. The molecule has 0 aromatic rings. The summed E-state index contributed by atoms with van der Waals surface area (Å²) in [5.41, 5.74) is 0. The van der Waals surface area contributed by atoms with E-state index in [0.29, 0.717) is 58.7 Å². The maximum absolute atomic E-state index is 12.8. The van der Waals surface area contributed by atoms with Gasteiger partial charge in [0.2, 0.25) is 0 Å². The van der Waals surface area contributed by atoms with Crippen molar-refractivity contribution in [2.24, 2.45) is 0 Å². The van der Waals surface area contributed by atoms with Crippen LogP contribution in [0, 0.1) is 0 Å². The van der Waals surface area contributed by atoms with Crippen molar-refractivity contribution in [2.45, 2.75) is 278 Å². The van der Waals surface area contributed by atoms with Crippen molar-refractivity contribution in [3.8, 4) is 0 Å². The molecule has 0 aliphatic carbocycles. The van der Waals surface area contributed by atoms with Gasteiger partial charge in [0.15, 0.2) is 0 Å². The number of hydrogen-bond donors (Lipinski definition) is 0. The minimum Gasteiger partial charge on any atom is -0.465 e. The molecule has 78 heavy (non-hydrogen) atoms. The van der Waals surface area contributed by atoms with E-state index < -0.39 is 0 Å². The lowest BCUT2D eigenvalue weighted by Crippen LogP contribution is -2.33. The summed E-state index contributed by atoms with van der Waals surface area (Å²) in [7, 11) is 18.6. The zero-order chi connectivity index (χ0) is 56.6. The molecule has 8 nitrogen and oxygen atoms in total. The van der Waals surface area contributed by atoms with Crippen LogP contribution in [0.15, 0.2) is 0 Å². The molecule has 0 heterocycles. The number of hydrogen-bond acceptors (Lipinski definition) is 17. The highest BCUT2D eigenvalue weighted by Gasteiger charge is 2.14. The van der Waals surface area contributed by atoms with Gasteiger partial charge in [-0.05, 0) is 75.3 Å². The highest BCUT2D eigenvalue weighted by Crippen LogP contribution is 2.36. The first-order chi connectivity index (χ1) is 38.4. The van der Waals surface area contributed by atoms with Gasteiger partial charge < -0.3 is 24.0 Å². The fourth-order valence-corrected chi connectivity index (χ4v) is 19.9. The van der Waals surface area contributed by atoms with Gasteiger partial charge in [-0.15, -0.1) is 0 Å². The van der Waals surface area contributed by atoms with Crippen molar-refractivity contribution in [1.82, 2.24) is 9.80 Å². The first-order valence-corrected chi connectivity index (χ1v) is 43.5. The Kier molecular flexibility index (Phi) is 70.6. The summed E-state index contributed by atoms with van der Waals surface area (Å²) in [4.78, 5) is 42.5. The molecular formula is C61H120N2O6S9. The predicted molar refractivity (Wildman–Crippen MR) is 366 cm³/mol. The topological polar surface area (TPSA) is 85.4 Å². The van der Waals surface area contributed by atoms with Gasteiger partial charge in [-0.3, -0.25) is 14.4 Å². The summed E-state index contributed by atoms with van der Waals surface area (Å²) >= 11 is 0. The Morgan fingerprint density at radius 1 is 0.282 bits per heavy atom. The number of carbonyl (C=O) groups is 3. The van der Waals surface area contributed by atoms with Crippen LogP contribution in [0.2, 0.25) is 0 Å². The van der Waals surface area contributed by atoms with E-state index in [1.54, 1.807) is 32.4 Å². The molecule has 0 bridgehead atoms. The summed E-state index contributed by atoms with van der Waals surface area (Å²) in [5.74, 6) is 5.38. The van der Waals surface area contributed by atoms with Crippen LogP contribution in [-0.4, -0.2) is 122 Å². The first kappa shape index (κ1) is 79.5. The highest BCUT2D eigenvalue weighted by atomic mass is 33.5. The Balaban J connectivity index is 4.33. The van der Waals surface area contributed by atoms with Gasteiger partial charge in [0.25, 0.3) is 0 Å². The van der Waals surface area contributed by atoms with Crippen LogP contribution in [0.4, 0.5) is 0 Å². The van der Waals surface area contributed by atoms with Gasteiger partial charge in [-0.1, -0.05) is 297 Å². The molecular weight excluding hydrogens is 1150 g/mol. The van der Waals surface area contributed by atoms with E-state index in [-0.39, 0.29) is 17.9 Å². The standard InChI is InChI=1S/C61H120N2O6S9/c1-5-8-11-14-17-20-23-26-29-32-35-38-53-70-76-73-56-50-67-59(64)42-47-62(4)45-41-46-63(48-43-60(65)68-51-57-74-77-71-54-39-36-33-30-27-24-21-18-15-12-9-6-2)49-44-61(66)69-52-58-75-78-72-55-40-37-34-31-28-25-22-19-16-13-10-7-3/h5-58H2,1-4H3. The molecule has 0 saturated carbocycles. The lowest BCUT2D eigenvalue weighted by molar-refractivity contribution is -0.144.